The van der Waals surface area contributed by atoms with E-state index in [1.54, 1.807) is 0 Å². The molecule has 0 bridgehead atoms. The third-order valence-corrected chi connectivity index (χ3v) is 2.82. The minimum absolute atomic E-state index is 0.221. The Balaban J connectivity index is 2.98. The van der Waals surface area contributed by atoms with Crippen LogP contribution in [0.2, 0.25) is 0 Å². The largest absolute Gasteiger partial charge is 0.339 e. The van der Waals surface area contributed by atoms with Crippen molar-refractivity contribution in [3.8, 4) is 0 Å². The van der Waals surface area contributed by atoms with Gasteiger partial charge in [-0.05, 0) is 19.8 Å². The molecule has 1 aromatic rings. The number of hydrogen-bond acceptors (Lipinski definition) is 5. The summed E-state index contributed by atoms with van der Waals surface area (Å²) in [6.45, 7) is 6.77. The Bertz CT molecular complexity index is 339. The van der Waals surface area contributed by atoms with E-state index in [0.29, 0.717) is 12.5 Å². The van der Waals surface area contributed by atoms with E-state index in [0.717, 1.165) is 24.2 Å². The predicted octanol–water partition coefficient (Wildman–Crippen LogP) is 0.780. The Morgan fingerprint density at radius 2 is 1.81 bits per heavy atom. The van der Waals surface area contributed by atoms with Gasteiger partial charge in [0.05, 0.1) is 11.4 Å². The van der Waals surface area contributed by atoms with Crippen molar-refractivity contribution >= 4 is 5.95 Å². The van der Waals surface area contributed by atoms with Crippen molar-refractivity contribution in [1.82, 2.24) is 15.2 Å². The van der Waals surface area contributed by atoms with Gasteiger partial charge in [0.15, 0.2) is 0 Å². The number of hydrogen-bond donors (Lipinski definition) is 1. The van der Waals surface area contributed by atoms with Gasteiger partial charge in [0.1, 0.15) is 0 Å². The molecule has 1 unspecified atom stereocenters. The van der Waals surface area contributed by atoms with Crippen molar-refractivity contribution in [3.63, 3.8) is 0 Å². The number of nitrogens with two attached hydrogens (primary N) is 1. The molecule has 0 saturated heterocycles. The van der Waals surface area contributed by atoms with Crippen LogP contribution in [-0.2, 0) is 12.8 Å². The van der Waals surface area contributed by atoms with Crippen LogP contribution in [0.3, 0.4) is 0 Å². The van der Waals surface area contributed by atoms with Gasteiger partial charge in [-0.25, -0.2) is 4.98 Å². The number of aryl methyl sites for hydroxylation is 2. The van der Waals surface area contributed by atoms with Gasteiger partial charge in [-0.15, -0.1) is 5.10 Å². The molecule has 1 rings (SSSR count). The highest BCUT2D eigenvalue weighted by molar-refractivity contribution is 5.30. The molecule has 0 aliphatic heterocycles. The Kier molecular flexibility index (Phi) is 4.61. The summed E-state index contributed by atoms with van der Waals surface area (Å²) in [5.41, 5.74) is 7.64. The second kappa shape index (κ2) is 5.75. The van der Waals surface area contributed by atoms with Crippen molar-refractivity contribution in [3.05, 3.63) is 11.4 Å². The van der Waals surface area contributed by atoms with E-state index < -0.39 is 0 Å². The lowest BCUT2D eigenvalue weighted by molar-refractivity contribution is 0.661. The second-order valence-corrected chi connectivity index (χ2v) is 3.91. The molecule has 2 N–H and O–H groups in total. The predicted molar refractivity (Wildman–Crippen MR) is 65.5 cm³/mol. The smallest absolute Gasteiger partial charge is 0.245 e. The molecule has 1 aromatic heterocycles. The molecular formula is C11H21N5. The Morgan fingerprint density at radius 1 is 1.19 bits per heavy atom. The summed E-state index contributed by atoms with van der Waals surface area (Å²) < 4.78 is 0. The molecule has 0 radical (unpaired) electrons. The van der Waals surface area contributed by atoms with E-state index in [1.807, 2.05) is 18.9 Å². The van der Waals surface area contributed by atoms with E-state index in [-0.39, 0.29) is 6.04 Å². The van der Waals surface area contributed by atoms with Crippen LogP contribution in [0.1, 0.15) is 32.2 Å². The molecular weight excluding hydrogens is 202 g/mol. The molecule has 5 nitrogen and oxygen atoms in total. The monoisotopic (exact) mass is 223 g/mol. The van der Waals surface area contributed by atoms with Crippen LogP contribution in [0, 0.1) is 0 Å². The minimum Gasteiger partial charge on any atom is -0.339 e. The fourth-order valence-electron chi connectivity index (χ4n) is 1.43. The van der Waals surface area contributed by atoms with Gasteiger partial charge in [-0.2, -0.15) is 5.10 Å². The first-order valence-corrected chi connectivity index (χ1v) is 5.79. The van der Waals surface area contributed by atoms with Crippen LogP contribution < -0.4 is 10.6 Å². The van der Waals surface area contributed by atoms with Gasteiger partial charge in [-0.1, -0.05) is 13.8 Å². The first-order chi connectivity index (χ1) is 7.63. The SMILES string of the molecule is CCc1nnc(N(C)C(C)CN)nc1CC. The summed E-state index contributed by atoms with van der Waals surface area (Å²) in [5.74, 6) is 0.659. The maximum Gasteiger partial charge on any atom is 0.245 e. The number of likely N-dealkylation sites (N-methyl/N-ethyl adjacent to an activating group) is 1. The van der Waals surface area contributed by atoms with Crippen LogP contribution in [0.25, 0.3) is 0 Å². The average molecular weight is 223 g/mol. The molecule has 90 valence electrons. The number of anilines is 1. The van der Waals surface area contributed by atoms with E-state index in [9.17, 15) is 0 Å². The minimum atomic E-state index is 0.221. The Hall–Kier alpha value is -1.23. The van der Waals surface area contributed by atoms with Gasteiger partial charge >= 0.3 is 0 Å². The van der Waals surface area contributed by atoms with Gasteiger partial charge in [0.25, 0.3) is 0 Å². The van der Waals surface area contributed by atoms with E-state index in [4.69, 9.17) is 5.73 Å². The topological polar surface area (TPSA) is 67.9 Å². The summed E-state index contributed by atoms with van der Waals surface area (Å²) in [7, 11) is 1.94. The molecule has 0 aliphatic rings. The van der Waals surface area contributed by atoms with E-state index >= 15 is 0 Å². The molecule has 5 heteroatoms. The standard InChI is InChI=1S/C11H21N5/c1-5-9-10(6-2)14-15-11(13-9)16(4)8(3)7-12/h8H,5-7,12H2,1-4H3. The summed E-state index contributed by atoms with van der Waals surface area (Å²) >= 11 is 0. The van der Waals surface area contributed by atoms with Gasteiger partial charge < -0.3 is 10.6 Å². The molecule has 0 amide bonds. The third kappa shape index (κ3) is 2.66. The lowest BCUT2D eigenvalue weighted by Gasteiger charge is -2.23. The maximum absolute atomic E-state index is 5.62. The maximum atomic E-state index is 5.62. The van der Waals surface area contributed by atoms with Gasteiger partial charge in [0, 0.05) is 19.6 Å². The van der Waals surface area contributed by atoms with E-state index in [2.05, 4.69) is 29.0 Å². The fourth-order valence-corrected chi connectivity index (χ4v) is 1.43. The van der Waals surface area contributed by atoms with Crippen LogP contribution in [0.4, 0.5) is 5.95 Å². The second-order valence-electron chi connectivity index (χ2n) is 3.91. The summed E-state index contributed by atoms with van der Waals surface area (Å²) in [6, 6.07) is 0.221. The van der Waals surface area contributed by atoms with Gasteiger partial charge in [-0.3, -0.25) is 0 Å². The number of nitrogens with zero attached hydrogens (tertiary/aromatic N) is 4. The molecule has 0 aromatic carbocycles. The summed E-state index contributed by atoms with van der Waals surface area (Å²) in [6.07, 6.45) is 1.76. The van der Waals surface area contributed by atoms with Crippen LogP contribution in [0.15, 0.2) is 0 Å². The van der Waals surface area contributed by atoms with E-state index in [1.165, 1.54) is 0 Å². The highest BCUT2D eigenvalue weighted by Crippen LogP contribution is 2.11. The zero-order chi connectivity index (χ0) is 12.1. The normalized spacial score (nSPS) is 12.6. The number of aromatic nitrogens is 3. The fraction of sp³-hybridized carbons (Fsp3) is 0.727. The zero-order valence-electron chi connectivity index (χ0n) is 10.6. The average Bonchev–Trinajstić information content (AvgIpc) is 2.35. The molecule has 1 atom stereocenters. The van der Waals surface area contributed by atoms with Crippen molar-refractivity contribution < 1.29 is 0 Å². The lowest BCUT2D eigenvalue weighted by atomic mass is 10.2. The zero-order valence-corrected chi connectivity index (χ0v) is 10.6. The van der Waals surface area contributed by atoms with Crippen molar-refractivity contribution in [2.24, 2.45) is 5.73 Å². The molecule has 0 saturated carbocycles. The lowest BCUT2D eigenvalue weighted by Crippen LogP contribution is -2.36. The highest BCUT2D eigenvalue weighted by Gasteiger charge is 2.13. The Morgan fingerprint density at radius 3 is 2.31 bits per heavy atom. The van der Waals surface area contributed by atoms with Crippen molar-refractivity contribution in [2.45, 2.75) is 39.7 Å². The summed E-state index contributed by atoms with van der Waals surface area (Å²) in [4.78, 5) is 6.49. The van der Waals surface area contributed by atoms with Crippen LogP contribution in [-0.4, -0.2) is 34.8 Å². The summed E-state index contributed by atoms with van der Waals surface area (Å²) in [5, 5.41) is 8.35. The molecule has 0 aliphatic carbocycles. The molecule has 1 heterocycles. The molecule has 16 heavy (non-hydrogen) atoms. The Labute approximate surface area is 97.1 Å². The van der Waals surface area contributed by atoms with Gasteiger partial charge in [0.2, 0.25) is 5.95 Å². The number of rotatable bonds is 5. The molecule has 0 fully saturated rings. The van der Waals surface area contributed by atoms with Crippen molar-refractivity contribution in [1.29, 1.82) is 0 Å². The highest BCUT2D eigenvalue weighted by atomic mass is 15.3. The van der Waals surface area contributed by atoms with Crippen LogP contribution in [0.5, 0.6) is 0 Å². The van der Waals surface area contributed by atoms with Crippen molar-refractivity contribution in [2.75, 3.05) is 18.5 Å². The first-order valence-electron chi connectivity index (χ1n) is 5.79. The van der Waals surface area contributed by atoms with Crippen LogP contribution >= 0.6 is 0 Å². The first kappa shape index (κ1) is 12.8. The third-order valence-electron chi connectivity index (χ3n) is 2.82. The quantitative estimate of drug-likeness (QED) is 0.799. The molecule has 0 spiro atoms.